The minimum atomic E-state index is -0.118. The molecular formula is C12H25NO. The molecule has 0 radical (unpaired) electrons. The fraction of sp³-hybridized carbons (Fsp3) is 1.00. The maximum absolute atomic E-state index is 9.90. The first-order chi connectivity index (χ1) is 6.77. The number of nitrogens with one attached hydrogen (secondary N) is 1. The lowest BCUT2D eigenvalue weighted by Gasteiger charge is -2.31. The van der Waals surface area contributed by atoms with Crippen LogP contribution in [0.4, 0.5) is 0 Å². The van der Waals surface area contributed by atoms with Crippen molar-refractivity contribution in [3.63, 3.8) is 0 Å². The van der Waals surface area contributed by atoms with Crippen molar-refractivity contribution in [2.75, 3.05) is 13.1 Å². The molecule has 2 nitrogen and oxygen atoms in total. The Labute approximate surface area is 88.1 Å². The zero-order valence-electron chi connectivity index (χ0n) is 9.63. The van der Waals surface area contributed by atoms with Crippen LogP contribution in [0, 0.1) is 11.8 Å². The summed E-state index contributed by atoms with van der Waals surface area (Å²) in [5.74, 6) is 1.48. The summed E-state index contributed by atoms with van der Waals surface area (Å²) in [7, 11) is 0. The molecule has 0 aromatic heterocycles. The summed E-state index contributed by atoms with van der Waals surface area (Å²) in [6, 6.07) is 0. The predicted molar refractivity (Wildman–Crippen MR) is 60.3 cm³/mol. The van der Waals surface area contributed by atoms with Crippen LogP contribution in [0.25, 0.3) is 0 Å². The van der Waals surface area contributed by atoms with Crippen LogP contribution in [0.3, 0.4) is 0 Å². The van der Waals surface area contributed by atoms with E-state index in [1.165, 1.54) is 32.1 Å². The predicted octanol–water partition coefficient (Wildman–Crippen LogP) is 2.17. The molecule has 84 valence electrons. The van der Waals surface area contributed by atoms with Gasteiger partial charge in [-0.3, -0.25) is 0 Å². The van der Waals surface area contributed by atoms with Gasteiger partial charge in [-0.05, 0) is 31.2 Å². The summed E-state index contributed by atoms with van der Waals surface area (Å²) in [5, 5.41) is 13.1. The monoisotopic (exact) mass is 199 g/mol. The molecule has 2 heteroatoms. The van der Waals surface area contributed by atoms with Gasteiger partial charge in [0.2, 0.25) is 0 Å². The highest BCUT2D eigenvalue weighted by molar-refractivity contribution is 4.77. The lowest BCUT2D eigenvalue weighted by molar-refractivity contribution is 0.0733. The van der Waals surface area contributed by atoms with Crippen molar-refractivity contribution >= 4 is 0 Å². The van der Waals surface area contributed by atoms with Crippen molar-refractivity contribution in [2.24, 2.45) is 11.8 Å². The third kappa shape index (κ3) is 3.58. The Bertz CT molecular complexity index is 141. The van der Waals surface area contributed by atoms with Gasteiger partial charge in [0.25, 0.3) is 0 Å². The molecule has 0 aromatic carbocycles. The Morgan fingerprint density at radius 1 is 1.21 bits per heavy atom. The largest absolute Gasteiger partial charge is 0.392 e. The smallest absolute Gasteiger partial charge is 0.0692 e. The number of hydrogen-bond donors (Lipinski definition) is 2. The van der Waals surface area contributed by atoms with Gasteiger partial charge in [0, 0.05) is 6.54 Å². The van der Waals surface area contributed by atoms with Crippen LogP contribution in [0.2, 0.25) is 0 Å². The standard InChI is InChI=1S/C12H25NO/c1-3-10-5-7-11(8-6-10)12(14)9-13-4-2/h10-14H,3-9H2,1-2H3. The molecular weight excluding hydrogens is 174 g/mol. The Morgan fingerprint density at radius 2 is 1.86 bits per heavy atom. The van der Waals surface area contributed by atoms with Crippen LogP contribution in [0.5, 0.6) is 0 Å². The molecule has 0 aliphatic heterocycles. The summed E-state index contributed by atoms with van der Waals surface area (Å²) in [6.07, 6.45) is 6.30. The van der Waals surface area contributed by atoms with E-state index >= 15 is 0 Å². The zero-order chi connectivity index (χ0) is 10.4. The third-order valence-electron chi connectivity index (χ3n) is 3.62. The summed E-state index contributed by atoms with van der Waals surface area (Å²) < 4.78 is 0. The Kier molecular flexibility index (Phi) is 5.49. The first kappa shape index (κ1) is 12.0. The van der Waals surface area contributed by atoms with Gasteiger partial charge in [-0.2, -0.15) is 0 Å². The van der Waals surface area contributed by atoms with Gasteiger partial charge in [0.05, 0.1) is 6.10 Å². The number of rotatable bonds is 5. The Balaban J connectivity index is 2.19. The molecule has 0 amide bonds. The van der Waals surface area contributed by atoms with Crippen LogP contribution in [0.1, 0.15) is 46.0 Å². The van der Waals surface area contributed by atoms with E-state index in [1.54, 1.807) is 0 Å². The van der Waals surface area contributed by atoms with Gasteiger partial charge in [-0.25, -0.2) is 0 Å². The summed E-state index contributed by atoms with van der Waals surface area (Å²) in [4.78, 5) is 0. The molecule has 0 bridgehead atoms. The van der Waals surface area contributed by atoms with E-state index in [1.807, 2.05) is 0 Å². The van der Waals surface area contributed by atoms with E-state index in [2.05, 4.69) is 19.2 Å². The SMILES string of the molecule is CCNCC(O)C1CCC(CC)CC1. The second-order valence-electron chi connectivity index (χ2n) is 4.56. The van der Waals surface area contributed by atoms with Crippen molar-refractivity contribution in [2.45, 2.75) is 52.1 Å². The Morgan fingerprint density at radius 3 is 2.36 bits per heavy atom. The second kappa shape index (κ2) is 6.41. The average Bonchev–Trinajstić information content (AvgIpc) is 2.26. The Hall–Kier alpha value is -0.0800. The molecule has 0 aromatic rings. The second-order valence-corrected chi connectivity index (χ2v) is 4.56. The van der Waals surface area contributed by atoms with Crippen LogP contribution < -0.4 is 5.32 Å². The lowest BCUT2D eigenvalue weighted by atomic mass is 9.78. The van der Waals surface area contributed by atoms with Crippen molar-refractivity contribution in [1.82, 2.24) is 5.32 Å². The average molecular weight is 199 g/mol. The number of likely N-dealkylation sites (N-methyl/N-ethyl adjacent to an activating group) is 1. The normalized spacial score (nSPS) is 30.2. The van der Waals surface area contributed by atoms with Gasteiger partial charge in [-0.1, -0.05) is 33.1 Å². The van der Waals surface area contributed by atoms with E-state index in [0.717, 1.165) is 19.0 Å². The van der Waals surface area contributed by atoms with Gasteiger partial charge in [-0.15, -0.1) is 0 Å². The quantitative estimate of drug-likeness (QED) is 0.711. The van der Waals surface area contributed by atoms with Crippen molar-refractivity contribution in [1.29, 1.82) is 0 Å². The van der Waals surface area contributed by atoms with E-state index in [4.69, 9.17) is 0 Å². The van der Waals surface area contributed by atoms with Crippen molar-refractivity contribution in [3.05, 3.63) is 0 Å². The highest BCUT2D eigenvalue weighted by Crippen LogP contribution is 2.32. The van der Waals surface area contributed by atoms with Gasteiger partial charge < -0.3 is 10.4 Å². The maximum Gasteiger partial charge on any atom is 0.0692 e. The molecule has 0 heterocycles. The van der Waals surface area contributed by atoms with Crippen molar-refractivity contribution in [3.8, 4) is 0 Å². The molecule has 14 heavy (non-hydrogen) atoms. The molecule has 1 atom stereocenters. The number of aliphatic hydroxyl groups excluding tert-OH is 1. The van der Waals surface area contributed by atoms with Gasteiger partial charge >= 0.3 is 0 Å². The number of hydrogen-bond acceptors (Lipinski definition) is 2. The fourth-order valence-corrected chi connectivity index (χ4v) is 2.44. The molecule has 1 fully saturated rings. The molecule has 1 aliphatic carbocycles. The molecule has 1 aliphatic rings. The van der Waals surface area contributed by atoms with Crippen LogP contribution >= 0.6 is 0 Å². The zero-order valence-corrected chi connectivity index (χ0v) is 9.63. The minimum Gasteiger partial charge on any atom is -0.392 e. The first-order valence-corrected chi connectivity index (χ1v) is 6.16. The fourth-order valence-electron chi connectivity index (χ4n) is 2.44. The van der Waals surface area contributed by atoms with E-state index < -0.39 is 0 Å². The molecule has 1 saturated carbocycles. The van der Waals surface area contributed by atoms with Crippen LogP contribution in [-0.2, 0) is 0 Å². The van der Waals surface area contributed by atoms with Crippen LogP contribution in [0.15, 0.2) is 0 Å². The topological polar surface area (TPSA) is 32.3 Å². The van der Waals surface area contributed by atoms with Gasteiger partial charge in [0.1, 0.15) is 0 Å². The van der Waals surface area contributed by atoms with Crippen LogP contribution in [-0.4, -0.2) is 24.3 Å². The first-order valence-electron chi connectivity index (χ1n) is 6.16. The summed E-state index contributed by atoms with van der Waals surface area (Å²) in [5.41, 5.74) is 0. The summed E-state index contributed by atoms with van der Waals surface area (Å²) >= 11 is 0. The van der Waals surface area contributed by atoms with Gasteiger partial charge in [0.15, 0.2) is 0 Å². The third-order valence-corrected chi connectivity index (χ3v) is 3.62. The highest BCUT2D eigenvalue weighted by atomic mass is 16.3. The van der Waals surface area contributed by atoms with Crippen molar-refractivity contribution < 1.29 is 5.11 Å². The molecule has 1 rings (SSSR count). The minimum absolute atomic E-state index is 0.118. The molecule has 2 N–H and O–H groups in total. The molecule has 1 unspecified atom stereocenters. The molecule has 0 spiro atoms. The van der Waals surface area contributed by atoms with E-state index in [-0.39, 0.29) is 6.10 Å². The molecule has 0 saturated heterocycles. The highest BCUT2D eigenvalue weighted by Gasteiger charge is 2.24. The van der Waals surface area contributed by atoms with E-state index in [0.29, 0.717) is 5.92 Å². The number of aliphatic hydroxyl groups is 1. The lowest BCUT2D eigenvalue weighted by Crippen LogP contribution is -2.34. The maximum atomic E-state index is 9.90. The van der Waals surface area contributed by atoms with E-state index in [9.17, 15) is 5.11 Å². The summed E-state index contributed by atoms with van der Waals surface area (Å²) in [6.45, 7) is 6.10.